The van der Waals surface area contributed by atoms with E-state index < -0.39 is 15.9 Å². The largest absolute Gasteiger partial charge is 0.748 e. The predicted molar refractivity (Wildman–Crippen MR) is 57.9 cm³/mol. The van der Waals surface area contributed by atoms with Crippen molar-refractivity contribution in [1.82, 2.24) is 0 Å². The smallest absolute Gasteiger partial charge is 0.0988 e. The summed E-state index contributed by atoms with van der Waals surface area (Å²) < 4.78 is 30.7. The third-order valence-corrected chi connectivity index (χ3v) is 2.23. The van der Waals surface area contributed by atoms with Gasteiger partial charge in [-0.05, 0) is 12.0 Å². The molecule has 0 bridgehead atoms. The molecule has 0 saturated heterocycles. The molecule has 4 nitrogen and oxygen atoms in total. The fourth-order valence-corrected chi connectivity index (χ4v) is 1.38. The van der Waals surface area contributed by atoms with Crippen molar-refractivity contribution >= 4 is 10.1 Å². The summed E-state index contributed by atoms with van der Waals surface area (Å²) in [6, 6.07) is 8.37. The van der Waals surface area contributed by atoms with Crippen LogP contribution in [0.15, 0.2) is 30.3 Å². The molecule has 1 aromatic rings. The van der Waals surface area contributed by atoms with Gasteiger partial charge in [0.2, 0.25) is 0 Å². The Morgan fingerprint density at radius 3 is 2.07 bits per heavy atom. The average molecular weight is 231 g/mol. The Bertz CT molecular complexity index is 346. The molecule has 0 unspecified atom stereocenters. The zero-order valence-corrected chi connectivity index (χ0v) is 9.66. The fraction of sp³-hybridized carbons (Fsp3) is 0.400. The lowest BCUT2D eigenvalue weighted by Gasteiger charge is -2.05. The summed E-state index contributed by atoms with van der Waals surface area (Å²) in [5, 5.41) is 0. The van der Waals surface area contributed by atoms with Gasteiger partial charge in [0.15, 0.2) is 0 Å². The highest BCUT2D eigenvalue weighted by Crippen LogP contribution is 2.02. The number of benzene rings is 1. The first kappa shape index (κ1) is 14.1. The molecule has 1 aromatic carbocycles. The molecule has 0 aliphatic carbocycles. The third kappa shape index (κ3) is 9.40. The summed E-state index contributed by atoms with van der Waals surface area (Å²) in [5.41, 5.74) is 4.13. The first-order valence-electron chi connectivity index (χ1n) is 4.76. The zero-order valence-electron chi connectivity index (χ0n) is 8.85. The molecule has 0 aliphatic rings. The normalized spacial score (nSPS) is 10.3. The molecular weight excluding hydrogens is 214 g/mol. The van der Waals surface area contributed by atoms with Gasteiger partial charge in [0.25, 0.3) is 0 Å². The standard InChI is InChI=1S/C7H8O3S.C3H9N/c8-11(9,10)6-7-4-2-1-3-5-7;1-2-3-4/h1-5H,6H2,(H,8,9,10);2-4H2,1H3. The number of rotatable bonds is 3. The van der Waals surface area contributed by atoms with Gasteiger partial charge >= 0.3 is 0 Å². The number of quaternary nitrogens is 1. The third-order valence-electron chi connectivity index (χ3n) is 1.54. The van der Waals surface area contributed by atoms with Crippen LogP contribution < -0.4 is 5.73 Å². The molecule has 0 atom stereocenters. The van der Waals surface area contributed by atoms with Crippen molar-refractivity contribution in [1.29, 1.82) is 0 Å². The molecule has 0 heterocycles. The minimum atomic E-state index is -4.13. The highest BCUT2D eigenvalue weighted by molar-refractivity contribution is 7.84. The van der Waals surface area contributed by atoms with Crippen LogP contribution in [0.25, 0.3) is 0 Å². The van der Waals surface area contributed by atoms with Gasteiger partial charge in [0, 0.05) is 0 Å². The lowest BCUT2D eigenvalue weighted by molar-refractivity contribution is -0.367. The molecular formula is C10H17NO3S. The van der Waals surface area contributed by atoms with Crippen molar-refractivity contribution in [2.45, 2.75) is 19.1 Å². The van der Waals surface area contributed by atoms with Crippen LogP contribution in [-0.2, 0) is 15.9 Å². The molecule has 15 heavy (non-hydrogen) atoms. The van der Waals surface area contributed by atoms with E-state index in [1.807, 2.05) is 0 Å². The van der Waals surface area contributed by atoms with Crippen LogP contribution in [0.1, 0.15) is 18.9 Å². The SMILES string of the molecule is CCC[NH3+].O=S(=O)([O-])Cc1ccccc1. The van der Waals surface area contributed by atoms with Crippen molar-refractivity contribution in [3.05, 3.63) is 35.9 Å². The molecule has 0 amide bonds. The maximum absolute atomic E-state index is 10.2. The second kappa shape index (κ2) is 7.39. The molecule has 5 heteroatoms. The highest BCUT2D eigenvalue weighted by atomic mass is 32.2. The minimum Gasteiger partial charge on any atom is -0.748 e. The molecule has 0 aliphatic heterocycles. The van der Waals surface area contributed by atoms with E-state index in [0.29, 0.717) is 5.56 Å². The van der Waals surface area contributed by atoms with Gasteiger partial charge in [-0.25, -0.2) is 8.42 Å². The summed E-state index contributed by atoms with van der Waals surface area (Å²) in [4.78, 5) is 0. The lowest BCUT2D eigenvalue weighted by atomic mass is 10.2. The van der Waals surface area contributed by atoms with E-state index in [-0.39, 0.29) is 0 Å². The Labute approximate surface area is 90.9 Å². The van der Waals surface area contributed by atoms with Crippen LogP contribution in [0.2, 0.25) is 0 Å². The molecule has 0 aromatic heterocycles. The van der Waals surface area contributed by atoms with E-state index in [9.17, 15) is 13.0 Å². The van der Waals surface area contributed by atoms with Crippen LogP contribution in [0.3, 0.4) is 0 Å². The Morgan fingerprint density at radius 2 is 1.73 bits per heavy atom. The van der Waals surface area contributed by atoms with Crippen molar-refractivity contribution in [3.63, 3.8) is 0 Å². The minimum absolute atomic E-state index is 0.423. The van der Waals surface area contributed by atoms with Gasteiger partial charge in [-0.3, -0.25) is 0 Å². The Morgan fingerprint density at radius 1 is 1.27 bits per heavy atom. The number of hydrogen-bond acceptors (Lipinski definition) is 3. The van der Waals surface area contributed by atoms with Gasteiger partial charge in [0.1, 0.15) is 0 Å². The molecule has 0 radical (unpaired) electrons. The van der Waals surface area contributed by atoms with Gasteiger partial charge in [-0.15, -0.1) is 0 Å². The number of hydrogen-bond donors (Lipinski definition) is 1. The van der Waals surface area contributed by atoms with E-state index >= 15 is 0 Å². The summed E-state index contributed by atoms with van der Waals surface area (Å²) >= 11 is 0. The quantitative estimate of drug-likeness (QED) is 0.763. The fourth-order valence-electron chi connectivity index (χ4n) is 0.778. The molecule has 86 valence electrons. The summed E-state index contributed by atoms with van der Waals surface area (Å²) in [6.07, 6.45) is 1.21. The first-order chi connectivity index (χ1) is 6.99. The van der Waals surface area contributed by atoms with Crippen LogP contribution >= 0.6 is 0 Å². The zero-order chi connectivity index (χ0) is 11.7. The van der Waals surface area contributed by atoms with Gasteiger partial charge < -0.3 is 10.3 Å². The summed E-state index contributed by atoms with van der Waals surface area (Å²) in [5.74, 6) is -0.423. The maximum Gasteiger partial charge on any atom is 0.0988 e. The molecule has 0 fully saturated rings. The van der Waals surface area contributed by atoms with Gasteiger partial charge in [-0.1, -0.05) is 37.3 Å². The predicted octanol–water partition coefficient (Wildman–Crippen LogP) is 0.370. The molecule has 1 rings (SSSR count). The van der Waals surface area contributed by atoms with Crippen molar-refractivity contribution in [2.24, 2.45) is 0 Å². The average Bonchev–Trinajstić information content (AvgIpc) is 2.17. The second-order valence-corrected chi connectivity index (χ2v) is 4.45. The summed E-state index contributed by atoms with van der Waals surface area (Å²) in [6.45, 7) is 3.19. The van der Waals surface area contributed by atoms with Crippen LogP contribution in [0.5, 0.6) is 0 Å². The monoisotopic (exact) mass is 231 g/mol. The van der Waals surface area contributed by atoms with Crippen LogP contribution in [-0.4, -0.2) is 19.5 Å². The van der Waals surface area contributed by atoms with Gasteiger partial charge in [0.05, 0.1) is 22.4 Å². The van der Waals surface area contributed by atoms with Crippen LogP contribution in [0.4, 0.5) is 0 Å². The van der Waals surface area contributed by atoms with Gasteiger partial charge in [-0.2, -0.15) is 0 Å². The van der Waals surface area contributed by atoms with Crippen molar-refractivity contribution in [2.75, 3.05) is 6.54 Å². The highest BCUT2D eigenvalue weighted by Gasteiger charge is 1.95. The van der Waals surface area contributed by atoms with E-state index in [1.54, 1.807) is 30.3 Å². The molecule has 3 N–H and O–H groups in total. The Balaban J connectivity index is 0.000000423. The lowest BCUT2D eigenvalue weighted by Crippen LogP contribution is -2.49. The topological polar surface area (TPSA) is 84.8 Å². The van der Waals surface area contributed by atoms with Crippen molar-refractivity contribution < 1.29 is 18.7 Å². The van der Waals surface area contributed by atoms with E-state index in [2.05, 4.69) is 12.7 Å². The van der Waals surface area contributed by atoms with E-state index in [4.69, 9.17) is 0 Å². The first-order valence-corrected chi connectivity index (χ1v) is 6.34. The maximum atomic E-state index is 10.2. The van der Waals surface area contributed by atoms with E-state index in [1.165, 1.54) is 6.42 Å². The Hall–Kier alpha value is -0.910. The van der Waals surface area contributed by atoms with Crippen molar-refractivity contribution in [3.8, 4) is 0 Å². The molecule has 0 saturated carbocycles. The van der Waals surface area contributed by atoms with E-state index in [0.717, 1.165) is 6.54 Å². The summed E-state index contributed by atoms with van der Waals surface area (Å²) in [7, 11) is -4.13. The molecule has 0 spiro atoms. The Kier molecular flexibility index (Phi) is 6.94. The second-order valence-electron chi connectivity index (χ2n) is 3.04. The van der Waals surface area contributed by atoms with Crippen LogP contribution in [0, 0.1) is 0 Å².